The van der Waals surface area contributed by atoms with Gasteiger partial charge in [0.25, 0.3) is 0 Å². The quantitative estimate of drug-likeness (QED) is 0.431. The van der Waals surface area contributed by atoms with E-state index in [1.54, 1.807) is 32.0 Å². The van der Waals surface area contributed by atoms with Gasteiger partial charge in [-0.2, -0.15) is 0 Å². The Balaban J connectivity index is 1.73. The van der Waals surface area contributed by atoms with E-state index in [2.05, 4.69) is 5.32 Å². The van der Waals surface area contributed by atoms with Crippen LogP contribution >= 0.6 is 0 Å². The molecule has 5 rings (SSSR count). The van der Waals surface area contributed by atoms with E-state index in [9.17, 15) is 24.3 Å². The molecule has 1 heterocycles. The van der Waals surface area contributed by atoms with Crippen molar-refractivity contribution in [3.05, 3.63) is 58.2 Å². The number of phenolic OH excluding ortho intramolecular Hbond substituents is 1. The standard InChI is InChI=1S/C25H23NO6/c1-3-32-18-6-4-5-13(23(18)29)19-12-7-8-14-20(25(31)26-24(14)30)15(12)10-16-17(27)9-11(2)22(28)21(16)19/h4-7,9,14-15,19-20,29H,3,8,10H2,1-2H3,(H,26,30,31). The van der Waals surface area contributed by atoms with Crippen molar-refractivity contribution in [1.82, 2.24) is 5.32 Å². The molecular weight excluding hydrogens is 410 g/mol. The van der Waals surface area contributed by atoms with Gasteiger partial charge in [-0.1, -0.05) is 23.8 Å². The summed E-state index contributed by atoms with van der Waals surface area (Å²) < 4.78 is 5.55. The number of ether oxygens (including phenoxy) is 1. The number of carbonyl (C=O) groups excluding carboxylic acids is 4. The van der Waals surface area contributed by atoms with Crippen molar-refractivity contribution in [2.75, 3.05) is 6.61 Å². The summed E-state index contributed by atoms with van der Waals surface area (Å²) in [5.74, 6) is -3.08. The second-order valence-electron chi connectivity index (χ2n) is 8.71. The van der Waals surface area contributed by atoms with Gasteiger partial charge in [0.05, 0.1) is 18.4 Å². The first-order valence-electron chi connectivity index (χ1n) is 10.8. The summed E-state index contributed by atoms with van der Waals surface area (Å²) >= 11 is 0. The van der Waals surface area contributed by atoms with E-state index in [0.29, 0.717) is 41.1 Å². The Morgan fingerprint density at radius 2 is 1.91 bits per heavy atom. The fourth-order valence-electron chi connectivity index (χ4n) is 5.67. The second-order valence-corrected chi connectivity index (χ2v) is 8.71. The summed E-state index contributed by atoms with van der Waals surface area (Å²) in [7, 11) is 0. The maximum absolute atomic E-state index is 13.3. The van der Waals surface area contributed by atoms with Crippen LogP contribution < -0.4 is 10.1 Å². The summed E-state index contributed by atoms with van der Waals surface area (Å²) in [6, 6.07) is 5.10. The molecule has 1 aromatic carbocycles. The zero-order chi connectivity index (χ0) is 22.7. The number of fused-ring (bicyclic) bond motifs is 3. The molecule has 4 atom stereocenters. The molecular formula is C25H23NO6. The lowest BCUT2D eigenvalue weighted by molar-refractivity contribution is -0.126. The predicted molar refractivity (Wildman–Crippen MR) is 114 cm³/mol. The molecule has 0 aromatic heterocycles. The third-order valence-electron chi connectivity index (χ3n) is 7.05. The number of carbonyl (C=O) groups is 4. The van der Waals surface area contributed by atoms with Crippen molar-refractivity contribution < 1.29 is 29.0 Å². The average molecular weight is 433 g/mol. The highest BCUT2D eigenvalue weighted by molar-refractivity contribution is 6.24. The zero-order valence-corrected chi connectivity index (χ0v) is 17.8. The van der Waals surface area contributed by atoms with E-state index in [4.69, 9.17) is 4.74 Å². The first kappa shape index (κ1) is 20.4. The molecule has 0 bridgehead atoms. The first-order valence-corrected chi connectivity index (χ1v) is 10.8. The van der Waals surface area contributed by atoms with E-state index < -0.39 is 23.7 Å². The summed E-state index contributed by atoms with van der Waals surface area (Å²) in [6.45, 7) is 3.77. The van der Waals surface area contributed by atoms with Crippen LogP contribution in [0, 0.1) is 17.8 Å². The molecule has 7 nitrogen and oxygen atoms in total. The SMILES string of the molecule is CCOc1cccc(C2C3=CCC4C(=O)NC(=O)C4C3CC3=C2C(=O)C(C)=CC3=O)c1O. The van der Waals surface area contributed by atoms with Crippen molar-refractivity contribution in [1.29, 1.82) is 0 Å². The number of Topliss-reactive ketones (excluding diaryl/α,β-unsaturated/α-hetero) is 1. The van der Waals surface area contributed by atoms with Crippen LogP contribution in [0.5, 0.6) is 11.5 Å². The fraction of sp³-hybridized carbons (Fsp3) is 0.360. The summed E-state index contributed by atoms with van der Waals surface area (Å²) in [6.07, 6.45) is 3.84. The number of nitrogens with one attached hydrogen (secondary N) is 1. The lowest BCUT2D eigenvalue weighted by atomic mass is 9.59. The minimum absolute atomic E-state index is 0.0886. The minimum Gasteiger partial charge on any atom is -0.504 e. The number of rotatable bonds is 3. The van der Waals surface area contributed by atoms with Crippen LogP contribution in [0.4, 0.5) is 0 Å². The molecule has 4 unspecified atom stereocenters. The highest BCUT2D eigenvalue weighted by Gasteiger charge is 2.53. The van der Waals surface area contributed by atoms with Crippen molar-refractivity contribution in [2.45, 2.75) is 32.6 Å². The number of hydrogen-bond acceptors (Lipinski definition) is 6. The van der Waals surface area contributed by atoms with Crippen molar-refractivity contribution >= 4 is 23.4 Å². The minimum atomic E-state index is -0.686. The Morgan fingerprint density at radius 1 is 1.12 bits per heavy atom. The molecule has 0 saturated carbocycles. The number of allylic oxidation sites excluding steroid dienone is 6. The number of aromatic hydroxyl groups is 1. The smallest absolute Gasteiger partial charge is 0.231 e. The maximum Gasteiger partial charge on any atom is 0.231 e. The number of imide groups is 1. The Hall–Kier alpha value is -3.48. The van der Waals surface area contributed by atoms with Gasteiger partial charge >= 0.3 is 0 Å². The highest BCUT2D eigenvalue weighted by Crippen LogP contribution is 2.55. The third kappa shape index (κ3) is 2.80. The molecule has 2 amide bonds. The van der Waals surface area contributed by atoms with Gasteiger partial charge in [0.2, 0.25) is 11.8 Å². The van der Waals surface area contributed by atoms with Crippen LogP contribution in [0.3, 0.4) is 0 Å². The van der Waals surface area contributed by atoms with Gasteiger partial charge in [-0.25, -0.2) is 0 Å². The molecule has 1 aliphatic heterocycles. The summed E-state index contributed by atoms with van der Waals surface area (Å²) in [5, 5.41) is 13.5. The van der Waals surface area contributed by atoms with Gasteiger partial charge in [0.1, 0.15) is 0 Å². The maximum atomic E-state index is 13.3. The summed E-state index contributed by atoms with van der Waals surface area (Å²) in [4.78, 5) is 51.2. The highest BCUT2D eigenvalue weighted by atomic mass is 16.5. The largest absolute Gasteiger partial charge is 0.504 e. The van der Waals surface area contributed by atoms with Crippen LogP contribution in [0.25, 0.3) is 0 Å². The van der Waals surface area contributed by atoms with Crippen LogP contribution in [0.2, 0.25) is 0 Å². The van der Waals surface area contributed by atoms with E-state index in [-0.39, 0.29) is 35.6 Å². The van der Waals surface area contributed by atoms with E-state index in [1.807, 2.05) is 6.08 Å². The Kier molecular flexibility index (Phi) is 4.65. The van der Waals surface area contributed by atoms with Gasteiger partial charge in [-0.15, -0.1) is 0 Å². The number of para-hydroxylation sites is 1. The molecule has 4 aliphatic rings. The van der Waals surface area contributed by atoms with E-state index in [0.717, 1.165) is 5.57 Å². The van der Waals surface area contributed by atoms with Gasteiger partial charge in [-0.05, 0) is 44.7 Å². The predicted octanol–water partition coefficient (Wildman–Crippen LogP) is 2.51. The molecule has 7 heteroatoms. The molecule has 1 aromatic rings. The Bertz CT molecular complexity index is 1190. The molecule has 1 fully saturated rings. The van der Waals surface area contributed by atoms with Gasteiger partial charge in [0, 0.05) is 28.2 Å². The van der Waals surface area contributed by atoms with Crippen LogP contribution in [-0.2, 0) is 19.2 Å². The van der Waals surface area contributed by atoms with Gasteiger partial charge < -0.3 is 9.84 Å². The van der Waals surface area contributed by atoms with Crippen LogP contribution in [0.15, 0.2) is 52.6 Å². The second kappa shape index (κ2) is 7.29. The molecule has 0 spiro atoms. The number of hydrogen-bond donors (Lipinski definition) is 2. The lowest BCUT2D eigenvalue weighted by Crippen LogP contribution is -2.39. The monoisotopic (exact) mass is 433 g/mol. The average Bonchev–Trinajstić information content (AvgIpc) is 3.06. The number of phenols is 1. The number of ketones is 2. The molecule has 2 N–H and O–H groups in total. The molecule has 0 radical (unpaired) electrons. The molecule has 1 saturated heterocycles. The third-order valence-corrected chi connectivity index (χ3v) is 7.05. The number of amides is 2. The van der Waals surface area contributed by atoms with Gasteiger partial charge in [0.15, 0.2) is 23.1 Å². The van der Waals surface area contributed by atoms with Crippen molar-refractivity contribution in [3.8, 4) is 11.5 Å². The Morgan fingerprint density at radius 3 is 2.66 bits per heavy atom. The fourth-order valence-corrected chi connectivity index (χ4v) is 5.67. The number of benzene rings is 1. The van der Waals surface area contributed by atoms with Crippen LogP contribution in [-0.4, -0.2) is 35.1 Å². The molecule has 164 valence electrons. The zero-order valence-electron chi connectivity index (χ0n) is 17.8. The van der Waals surface area contributed by atoms with Crippen molar-refractivity contribution in [2.24, 2.45) is 17.8 Å². The van der Waals surface area contributed by atoms with E-state index in [1.165, 1.54) is 6.08 Å². The topological polar surface area (TPSA) is 110 Å². The Labute approximate surface area is 184 Å². The first-order chi connectivity index (χ1) is 15.3. The van der Waals surface area contributed by atoms with Gasteiger partial charge in [-0.3, -0.25) is 24.5 Å². The van der Waals surface area contributed by atoms with Crippen molar-refractivity contribution in [3.63, 3.8) is 0 Å². The van der Waals surface area contributed by atoms with Crippen LogP contribution in [0.1, 0.15) is 38.2 Å². The van der Waals surface area contributed by atoms with E-state index >= 15 is 0 Å². The lowest BCUT2D eigenvalue weighted by Gasteiger charge is -2.42. The molecule has 3 aliphatic carbocycles. The normalized spacial score (nSPS) is 29.1. The molecule has 32 heavy (non-hydrogen) atoms. The summed E-state index contributed by atoms with van der Waals surface area (Å²) in [5.41, 5.74) is 2.32.